The first-order valence-corrected chi connectivity index (χ1v) is 8.55. The summed E-state index contributed by atoms with van der Waals surface area (Å²) in [5.74, 6) is 0.859. The molecule has 2 aromatic carbocycles. The maximum atomic E-state index is 12.6. The molecule has 27 heavy (non-hydrogen) atoms. The first kappa shape index (κ1) is 17.7. The molecule has 1 aliphatic heterocycles. The van der Waals surface area contributed by atoms with Crippen LogP contribution in [-0.4, -0.2) is 27.7 Å². The van der Waals surface area contributed by atoms with Crippen molar-refractivity contribution in [3.05, 3.63) is 53.3 Å². The standard InChI is InChI=1S/C18H14ClF3N4O/c1-10-9-23-14-8-12(19)5-6-15(14)26-16(10)24-25-17(26)11-3-2-4-13(7-11)27-18(20,21)22/h2-8,10,23H,9H2,1H3/t10-/m0/s1. The van der Waals surface area contributed by atoms with Crippen molar-refractivity contribution in [2.24, 2.45) is 0 Å². The Morgan fingerprint density at radius 1 is 1.19 bits per heavy atom. The van der Waals surface area contributed by atoms with Crippen LogP contribution in [0.2, 0.25) is 5.02 Å². The number of hydrogen-bond donors (Lipinski definition) is 1. The average molecular weight is 395 g/mol. The minimum atomic E-state index is -4.76. The quantitative estimate of drug-likeness (QED) is 0.663. The summed E-state index contributed by atoms with van der Waals surface area (Å²) < 4.78 is 43.5. The van der Waals surface area contributed by atoms with Gasteiger partial charge < -0.3 is 10.1 Å². The molecule has 1 N–H and O–H groups in total. The van der Waals surface area contributed by atoms with Crippen molar-refractivity contribution in [1.29, 1.82) is 0 Å². The smallest absolute Gasteiger partial charge is 0.406 e. The third-order valence-electron chi connectivity index (χ3n) is 4.25. The molecule has 0 aliphatic carbocycles. The first-order valence-electron chi connectivity index (χ1n) is 8.17. The largest absolute Gasteiger partial charge is 0.573 e. The highest BCUT2D eigenvalue weighted by Crippen LogP contribution is 2.36. The van der Waals surface area contributed by atoms with Gasteiger partial charge in [-0.1, -0.05) is 30.7 Å². The van der Waals surface area contributed by atoms with Crippen molar-refractivity contribution < 1.29 is 17.9 Å². The van der Waals surface area contributed by atoms with Gasteiger partial charge in [0.1, 0.15) is 11.6 Å². The SMILES string of the molecule is C[C@H]1CNc2cc(Cl)ccc2-n2c(-c3cccc(OC(F)(F)F)c3)nnc21. The molecule has 0 radical (unpaired) electrons. The maximum absolute atomic E-state index is 12.6. The van der Waals surface area contributed by atoms with Crippen LogP contribution in [0.15, 0.2) is 42.5 Å². The molecule has 0 spiro atoms. The molecule has 9 heteroatoms. The fraction of sp³-hybridized carbons (Fsp3) is 0.222. The third kappa shape index (κ3) is 3.44. The second-order valence-corrected chi connectivity index (χ2v) is 6.67. The topological polar surface area (TPSA) is 52.0 Å². The van der Waals surface area contributed by atoms with Gasteiger partial charge in [-0.2, -0.15) is 0 Å². The number of nitrogens with zero attached hydrogens (tertiary/aromatic N) is 3. The van der Waals surface area contributed by atoms with E-state index in [1.54, 1.807) is 18.2 Å². The zero-order chi connectivity index (χ0) is 19.2. The summed E-state index contributed by atoms with van der Waals surface area (Å²) in [5.41, 5.74) is 2.04. The van der Waals surface area contributed by atoms with Crippen LogP contribution in [0.4, 0.5) is 18.9 Å². The van der Waals surface area contributed by atoms with Gasteiger partial charge in [-0.05, 0) is 30.3 Å². The molecule has 0 saturated carbocycles. The zero-order valence-electron chi connectivity index (χ0n) is 14.1. The third-order valence-corrected chi connectivity index (χ3v) is 4.49. The Morgan fingerprint density at radius 3 is 2.78 bits per heavy atom. The predicted octanol–water partition coefficient (Wildman–Crippen LogP) is 5.02. The van der Waals surface area contributed by atoms with E-state index >= 15 is 0 Å². The van der Waals surface area contributed by atoms with E-state index in [1.807, 2.05) is 17.6 Å². The molecule has 5 nitrogen and oxygen atoms in total. The molecule has 0 fully saturated rings. The number of fused-ring (bicyclic) bond motifs is 3. The van der Waals surface area contributed by atoms with Gasteiger partial charge in [-0.3, -0.25) is 4.57 Å². The molecule has 0 saturated heterocycles. The fourth-order valence-electron chi connectivity index (χ4n) is 3.07. The number of aromatic nitrogens is 3. The molecular formula is C18H14ClF3N4O. The lowest BCUT2D eigenvalue weighted by Gasteiger charge is -2.13. The number of alkyl halides is 3. The summed E-state index contributed by atoms with van der Waals surface area (Å²) in [7, 11) is 0. The van der Waals surface area contributed by atoms with Crippen molar-refractivity contribution in [3.63, 3.8) is 0 Å². The van der Waals surface area contributed by atoms with Crippen LogP contribution in [0, 0.1) is 0 Å². The summed E-state index contributed by atoms with van der Waals surface area (Å²) >= 11 is 6.10. The Hall–Kier alpha value is -2.74. The lowest BCUT2D eigenvalue weighted by Crippen LogP contribution is -2.17. The number of rotatable bonds is 2. The van der Waals surface area contributed by atoms with Crippen LogP contribution in [0.5, 0.6) is 5.75 Å². The minimum absolute atomic E-state index is 0.0343. The Morgan fingerprint density at radius 2 is 2.00 bits per heavy atom. The van der Waals surface area contributed by atoms with Gasteiger partial charge in [-0.25, -0.2) is 0 Å². The maximum Gasteiger partial charge on any atom is 0.573 e. The van der Waals surface area contributed by atoms with E-state index in [1.165, 1.54) is 18.2 Å². The van der Waals surface area contributed by atoms with Crippen LogP contribution < -0.4 is 10.1 Å². The van der Waals surface area contributed by atoms with Gasteiger partial charge in [0, 0.05) is 23.0 Å². The van der Waals surface area contributed by atoms with E-state index in [4.69, 9.17) is 11.6 Å². The summed E-state index contributed by atoms with van der Waals surface area (Å²) in [6.07, 6.45) is -4.76. The summed E-state index contributed by atoms with van der Waals surface area (Å²) in [5, 5.41) is 12.4. The number of benzene rings is 2. The van der Waals surface area contributed by atoms with Gasteiger partial charge in [0.25, 0.3) is 0 Å². The van der Waals surface area contributed by atoms with Crippen LogP contribution in [-0.2, 0) is 0 Å². The van der Waals surface area contributed by atoms with E-state index in [9.17, 15) is 13.2 Å². The summed E-state index contributed by atoms with van der Waals surface area (Å²) in [4.78, 5) is 0. The van der Waals surface area contributed by atoms with Crippen molar-refractivity contribution in [1.82, 2.24) is 14.8 Å². The average Bonchev–Trinajstić information content (AvgIpc) is 2.98. The number of anilines is 1. The van der Waals surface area contributed by atoms with Gasteiger partial charge in [0.15, 0.2) is 5.82 Å². The molecule has 3 aromatic rings. The predicted molar refractivity (Wildman–Crippen MR) is 95.4 cm³/mol. The highest BCUT2D eigenvalue weighted by atomic mass is 35.5. The highest BCUT2D eigenvalue weighted by molar-refractivity contribution is 6.31. The lowest BCUT2D eigenvalue weighted by molar-refractivity contribution is -0.274. The second-order valence-electron chi connectivity index (χ2n) is 6.24. The Balaban J connectivity index is 1.86. The van der Waals surface area contributed by atoms with E-state index in [0.29, 0.717) is 28.8 Å². The molecule has 4 rings (SSSR count). The Bertz CT molecular complexity index is 1000. The van der Waals surface area contributed by atoms with Crippen molar-refractivity contribution in [2.45, 2.75) is 19.2 Å². The second kappa shape index (κ2) is 6.45. The van der Waals surface area contributed by atoms with Gasteiger partial charge in [-0.15, -0.1) is 23.4 Å². The van der Waals surface area contributed by atoms with E-state index in [0.717, 1.165) is 11.4 Å². The molecule has 1 aromatic heterocycles. The Labute approximate surface area is 157 Å². The van der Waals surface area contributed by atoms with Gasteiger partial charge >= 0.3 is 6.36 Å². The normalized spacial score (nSPS) is 16.1. The Kier molecular flexibility index (Phi) is 4.22. The lowest BCUT2D eigenvalue weighted by atomic mass is 10.1. The first-order chi connectivity index (χ1) is 12.8. The van der Waals surface area contributed by atoms with Crippen LogP contribution in [0.1, 0.15) is 18.7 Å². The van der Waals surface area contributed by atoms with Crippen molar-refractivity contribution >= 4 is 17.3 Å². The van der Waals surface area contributed by atoms with Crippen molar-refractivity contribution in [3.8, 4) is 22.8 Å². The molecule has 1 aliphatic rings. The molecule has 0 bridgehead atoms. The van der Waals surface area contributed by atoms with Crippen LogP contribution >= 0.6 is 11.6 Å². The van der Waals surface area contributed by atoms with Crippen molar-refractivity contribution in [2.75, 3.05) is 11.9 Å². The van der Waals surface area contributed by atoms with Crippen LogP contribution in [0.3, 0.4) is 0 Å². The zero-order valence-corrected chi connectivity index (χ0v) is 14.8. The molecule has 2 heterocycles. The number of nitrogens with one attached hydrogen (secondary N) is 1. The summed E-state index contributed by atoms with van der Waals surface area (Å²) in [6.45, 7) is 2.62. The molecular weight excluding hydrogens is 381 g/mol. The molecule has 0 amide bonds. The minimum Gasteiger partial charge on any atom is -0.406 e. The monoisotopic (exact) mass is 394 g/mol. The fourth-order valence-corrected chi connectivity index (χ4v) is 3.24. The number of hydrogen-bond acceptors (Lipinski definition) is 4. The molecule has 0 unspecified atom stereocenters. The number of halogens is 4. The van der Waals surface area contributed by atoms with Crippen LogP contribution in [0.25, 0.3) is 17.1 Å². The summed E-state index contributed by atoms with van der Waals surface area (Å²) in [6, 6.07) is 11.1. The number of ether oxygens (including phenoxy) is 1. The van der Waals surface area contributed by atoms with Gasteiger partial charge in [0.05, 0.1) is 11.4 Å². The highest BCUT2D eigenvalue weighted by Gasteiger charge is 2.31. The van der Waals surface area contributed by atoms with E-state index in [2.05, 4.69) is 20.3 Å². The molecule has 1 atom stereocenters. The van der Waals surface area contributed by atoms with E-state index < -0.39 is 6.36 Å². The van der Waals surface area contributed by atoms with Gasteiger partial charge in [0.2, 0.25) is 0 Å². The van der Waals surface area contributed by atoms with E-state index in [-0.39, 0.29) is 11.7 Å². The molecule has 140 valence electrons.